The Hall–Kier alpha value is -0.570. The number of rotatable bonds is 9. The SMILES string of the molecule is CCCCCCCCC(=O)OCC(C)O. The summed E-state index contributed by atoms with van der Waals surface area (Å²) in [6.45, 7) is 3.92. The molecule has 0 radical (unpaired) electrons. The molecule has 3 nitrogen and oxygen atoms in total. The lowest BCUT2D eigenvalue weighted by molar-refractivity contribution is -0.146. The van der Waals surface area contributed by atoms with Crippen molar-refractivity contribution >= 4 is 5.97 Å². The minimum Gasteiger partial charge on any atom is -0.463 e. The van der Waals surface area contributed by atoms with E-state index in [1.54, 1.807) is 6.92 Å². The highest BCUT2D eigenvalue weighted by molar-refractivity contribution is 5.69. The first-order chi connectivity index (χ1) is 7.16. The van der Waals surface area contributed by atoms with E-state index in [0.29, 0.717) is 6.42 Å². The Kier molecular flexibility index (Phi) is 9.59. The zero-order valence-corrected chi connectivity index (χ0v) is 10.00. The summed E-state index contributed by atoms with van der Waals surface area (Å²) in [6.07, 6.45) is 6.93. The van der Waals surface area contributed by atoms with Crippen LogP contribution in [0.2, 0.25) is 0 Å². The molecule has 0 aliphatic heterocycles. The predicted octanol–water partition coefficient (Wildman–Crippen LogP) is 2.66. The number of unbranched alkanes of at least 4 members (excludes halogenated alkanes) is 5. The van der Waals surface area contributed by atoms with Gasteiger partial charge in [0.25, 0.3) is 0 Å². The van der Waals surface area contributed by atoms with Crippen LogP contribution in [0.1, 0.15) is 58.8 Å². The minimum absolute atomic E-state index is 0.120. The normalized spacial score (nSPS) is 12.5. The second kappa shape index (κ2) is 9.97. The fourth-order valence-electron chi connectivity index (χ4n) is 1.34. The summed E-state index contributed by atoms with van der Waals surface area (Å²) in [5.41, 5.74) is 0. The zero-order valence-electron chi connectivity index (χ0n) is 10.00. The Morgan fingerprint density at radius 2 is 1.80 bits per heavy atom. The molecule has 0 aliphatic rings. The van der Waals surface area contributed by atoms with Gasteiger partial charge in [0.2, 0.25) is 0 Å². The van der Waals surface area contributed by atoms with Crippen LogP contribution in [0.15, 0.2) is 0 Å². The molecule has 0 aromatic heterocycles. The topological polar surface area (TPSA) is 46.5 Å². The fourth-order valence-corrected chi connectivity index (χ4v) is 1.34. The molecule has 0 saturated carbocycles. The van der Waals surface area contributed by atoms with Crippen molar-refractivity contribution in [2.45, 2.75) is 64.9 Å². The number of hydrogen-bond donors (Lipinski definition) is 1. The molecule has 0 aromatic rings. The van der Waals surface area contributed by atoms with Crippen molar-refractivity contribution in [2.24, 2.45) is 0 Å². The highest BCUT2D eigenvalue weighted by Crippen LogP contribution is 2.07. The molecule has 3 heteroatoms. The van der Waals surface area contributed by atoms with E-state index in [-0.39, 0.29) is 12.6 Å². The number of carbonyl (C=O) groups is 1. The van der Waals surface area contributed by atoms with E-state index in [2.05, 4.69) is 6.92 Å². The molecule has 0 aromatic carbocycles. The van der Waals surface area contributed by atoms with E-state index < -0.39 is 6.10 Å². The summed E-state index contributed by atoms with van der Waals surface area (Å²) in [5, 5.41) is 8.89. The van der Waals surface area contributed by atoms with Crippen molar-refractivity contribution in [3.05, 3.63) is 0 Å². The molecule has 0 saturated heterocycles. The van der Waals surface area contributed by atoms with Crippen LogP contribution in [-0.2, 0) is 9.53 Å². The molecule has 0 heterocycles. The van der Waals surface area contributed by atoms with E-state index in [1.807, 2.05) is 0 Å². The van der Waals surface area contributed by atoms with Crippen LogP contribution in [0.4, 0.5) is 0 Å². The molecule has 0 rings (SSSR count). The highest BCUT2D eigenvalue weighted by atomic mass is 16.5. The average Bonchev–Trinajstić information content (AvgIpc) is 2.20. The molecule has 15 heavy (non-hydrogen) atoms. The lowest BCUT2D eigenvalue weighted by Gasteiger charge is -2.06. The predicted molar refractivity (Wildman–Crippen MR) is 60.6 cm³/mol. The maximum absolute atomic E-state index is 11.1. The monoisotopic (exact) mass is 216 g/mol. The van der Waals surface area contributed by atoms with Crippen molar-refractivity contribution in [2.75, 3.05) is 6.61 Å². The van der Waals surface area contributed by atoms with Crippen LogP contribution < -0.4 is 0 Å². The van der Waals surface area contributed by atoms with Crippen molar-refractivity contribution in [3.63, 3.8) is 0 Å². The van der Waals surface area contributed by atoms with Crippen molar-refractivity contribution in [1.29, 1.82) is 0 Å². The van der Waals surface area contributed by atoms with Gasteiger partial charge < -0.3 is 9.84 Å². The number of aliphatic hydroxyl groups is 1. The van der Waals surface area contributed by atoms with Crippen LogP contribution in [0.5, 0.6) is 0 Å². The number of aliphatic hydroxyl groups excluding tert-OH is 1. The van der Waals surface area contributed by atoms with Crippen molar-refractivity contribution in [3.8, 4) is 0 Å². The van der Waals surface area contributed by atoms with Crippen LogP contribution in [-0.4, -0.2) is 23.8 Å². The smallest absolute Gasteiger partial charge is 0.305 e. The third-order valence-corrected chi connectivity index (χ3v) is 2.22. The number of esters is 1. The number of hydrogen-bond acceptors (Lipinski definition) is 3. The molecule has 90 valence electrons. The van der Waals surface area contributed by atoms with Gasteiger partial charge in [0.1, 0.15) is 6.61 Å². The second-order valence-electron chi connectivity index (χ2n) is 4.05. The van der Waals surface area contributed by atoms with Gasteiger partial charge in [0.05, 0.1) is 6.10 Å². The van der Waals surface area contributed by atoms with E-state index in [1.165, 1.54) is 25.7 Å². The third kappa shape index (κ3) is 11.4. The van der Waals surface area contributed by atoms with Gasteiger partial charge in [-0.3, -0.25) is 4.79 Å². The van der Waals surface area contributed by atoms with Crippen molar-refractivity contribution in [1.82, 2.24) is 0 Å². The van der Waals surface area contributed by atoms with Crippen LogP contribution in [0.3, 0.4) is 0 Å². The molecular formula is C12H24O3. The molecule has 0 bridgehead atoms. The van der Waals surface area contributed by atoms with E-state index >= 15 is 0 Å². The van der Waals surface area contributed by atoms with Crippen LogP contribution in [0, 0.1) is 0 Å². The molecule has 1 unspecified atom stereocenters. The van der Waals surface area contributed by atoms with E-state index in [4.69, 9.17) is 9.84 Å². The fraction of sp³-hybridized carbons (Fsp3) is 0.917. The van der Waals surface area contributed by atoms with Gasteiger partial charge in [0.15, 0.2) is 0 Å². The van der Waals surface area contributed by atoms with Gasteiger partial charge in [-0.1, -0.05) is 39.0 Å². The minimum atomic E-state index is -0.557. The molecule has 0 spiro atoms. The number of carbonyl (C=O) groups excluding carboxylic acids is 1. The highest BCUT2D eigenvalue weighted by Gasteiger charge is 2.04. The molecule has 1 atom stereocenters. The maximum Gasteiger partial charge on any atom is 0.305 e. The Morgan fingerprint density at radius 1 is 1.20 bits per heavy atom. The summed E-state index contributed by atoms with van der Waals surface area (Å²) in [7, 11) is 0. The van der Waals surface area contributed by atoms with Gasteiger partial charge in [-0.15, -0.1) is 0 Å². The maximum atomic E-state index is 11.1. The zero-order chi connectivity index (χ0) is 11.5. The van der Waals surface area contributed by atoms with Gasteiger partial charge >= 0.3 is 5.97 Å². The molecule has 0 aliphatic carbocycles. The first-order valence-corrected chi connectivity index (χ1v) is 6.00. The Labute approximate surface area is 92.8 Å². The second-order valence-corrected chi connectivity index (χ2v) is 4.05. The van der Waals surface area contributed by atoms with Gasteiger partial charge in [-0.05, 0) is 13.3 Å². The van der Waals surface area contributed by atoms with Crippen LogP contribution >= 0.6 is 0 Å². The lowest BCUT2D eigenvalue weighted by atomic mass is 10.1. The largest absolute Gasteiger partial charge is 0.463 e. The van der Waals surface area contributed by atoms with Gasteiger partial charge in [0, 0.05) is 6.42 Å². The van der Waals surface area contributed by atoms with E-state index in [0.717, 1.165) is 12.8 Å². The molecule has 0 amide bonds. The Bertz CT molecular complexity index is 155. The first-order valence-electron chi connectivity index (χ1n) is 6.00. The standard InChI is InChI=1S/C12H24O3/c1-3-4-5-6-7-8-9-12(14)15-10-11(2)13/h11,13H,3-10H2,1-2H3. The quantitative estimate of drug-likeness (QED) is 0.476. The molecular weight excluding hydrogens is 192 g/mol. The summed E-state index contributed by atoms with van der Waals surface area (Å²) in [6, 6.07) is 0. The summed E-state index contributed by atoms with van der Waals surface area (Å²) in [5.74, 6) is -0.189. The van der Waals surface area contributed by atoms with E-state index in [9.17, 15) is 4.79 Å². The molecule has 1 N–H and O–H groups in total. The Balaban J connectivity index is 3.17. The average molecular weight is 216 g/mol. The van der Waals surface area contributed by atoms with Crippen molar-refractivity contribution < 1.29 is 14.6 Å². The summed E-state index contributed by atoms with van der Waals surface area (Å²) >= 11 is 0. The van der Waals surface area contributed by atoms with Crippen LogP contribution in [0.25, 0.3) is 0 Å². The third-order valence-electron chi connectivity index (χ3n) is 2.22. The van der Waals surface area contributed by atoms with Gasteiger partial charge in [-0.25, -0.2) is 0 Å². The Morgan fingerprint density at radius 3 is 2.40 bits per heavy atom. The van der Waals surface area contributed by atoms with Gasteiger partial charge in [-0.2, -0.15) is 0 Å². The lowest BCUT2D eigenvalue weighted by Crippen LogP contribution is -2.14. The summed E-state index contributed by atoms with van der Waals surface area (Å²) in [4.78, 5) is 11.1. The molecule has 0 fully saturated rings. The number of ether oxygens (including phenoxy) is 1. The summed E-state index contributed by atoms with van der Waals surface area (Å²) < 4.78 is 4.84. The first kappa shape index (κ1) is 14.4.